The Morgan fingerprint density at radius 2 is 1.60 bits per heavy atom. The molecule has 2 aromatic carbocycles. The number of nitrogens with zero attached hydrogens (tertiary/aromatic N) is 1. The molecule has 0 radical (unpaired) electrons. The van der Waals surface area contributed by atoms with Gasteiger partial charge >= 0.3 is 0 Å². The highest BCUT2D eigenvalue weighted by Gasteiger charge is 2.39. The standard InChI is InChI=1S/C24H29N3O2.ClH/c28-22(20-9-5-2-6-10-20)26-21(17-19-7-3-1-4-8-19)23(29)27-15-12-24(13-16-27)11-14-25-18-24;/h1-10,21,25H,11-18H2,(H,26,28);1H. The molecule has 6 heteroatoms. The molecule has 2 heterocycles. The van der Waals surface area contributed by atoms with Crippen LogP contribution in [-0.2, 0) is 11.2 Å². The molecule has 1 atom stereocenters. The van der Waals surface area contributed by atoms with E-state index in [9.17, 15) is 9.59 Å². The normalized spacial score (nSPS) is 18.5. The van der Waals surface area contributed by atoms with Crippen molar-refractivity contribution in [3.63, 3.8) is 0 Å². The molecular weight excluding hydrogens is 398 g/mol. The Hall–Kier alpha value is -2.37. The first-order chi connectivity index (χ1) is 14.2. The molecule has 2 aromatic rings. The van der Waals surface area contributed by atoms with Gasteiger partial charge in [-0.25, -0.2) is 0 Å². The summed E-state index contributed by atoms with van der Waals surface area (Å²) in [6.07, 6.45) is 3.78. The molecule has 0 bridgehead atoms. The van der Waals surface area contributed by atoms with Crippen molar-refractivity contribution in [2.45, 2.75) is 31.7 Å². The second kappa shape index (κ2) is 10.1. The largest absolute Gasteiger partial charge is 0.341 e. The molecule has 0 saturated carbocycles. The summed E-state index contributed by atoms with van der Waals surface area (Å²) in [5, 5.41) is 6.46. The second-order valence-corrected chi connectivity index (χ2v) is 8.33. The predicted octanol–water partition coefficient (Wildman–Crippen LogP) is 3.05. The summed E-state index contributed by atoms with van der Waals surface area (Å²) in [6, 6.07) is 18.4. The fourth-order valence-electron chi connectivity index (χ4n) is 4.53. The third-order valence-corrected chi connectivity index (χ3v) is 6.39. The number of nitrogens with one attached hydrogen (secondary N) is 2. The number of piperidine rings is 1. The van der Waals surface area contributed by atoms with Gasteiger partial charge < -0.3 is 15.5 Å². The Kier molecular flexibility index (Phi) is 7.51. The summed E-state index contributed by atoms with van der Waals surface area (Å²) >= 11 is 0. The zero-order valence-corrected chi connectivity index (χ0v) is 18.0. The molecule has 2 saturated heterocycles. The average Bonchev–Trinajstić information content (AvgIpc) is 3.22. The maximum absolute atomic E-state index is 13.4. The Balaban J connectivity index is 0.00000256. The highest BCUT2D eigenvalue weighted by molar-refractivity contribution is 5.97. The molecule has 1 spiro atoms. The molecule has 2 aliphatic rings. The molecule has 2 amide bonds. The van der Waals surface area contributed by atoms with E-state index in [1.54, 1.807) is 12.1 Å². The summed E-state index contributed by atoms with van der Waals surface area (Å²) in [4.78, 5) is 28.1. The van der Waals surface area contributed by atoms with Crippen molar-refractivity contribution in [2.75, 3.05) is 26.2 Å². The number of benzene rings is 2. The number of rotatable bonds is 5. The van der Waals surface area contributed by atoms with Crippen LogP contribution in [0.15, 0.2) is 60.7 Å². The minimum absolute atomic E-state index is 0. The van der Waals surface area contributed by atoms with Crippen LogP contribution in [0.2, 0.25) is 0 Å². The van der Waals surface area contributed by atoms with E-state index >= 15 is 0 Å². The van der Waals surface area contributed by atoms with Gasteiger partial charge in [0.1, 0.15) is 6.04 Å². The van der Waals surface area contributed by atoms with Crippen LogP contribution < -0.4 is 10.6 Å². The van der Waals surface area contributed by atoms with Gasteiger partial charge in [0.2, 0.25) is 5.91 Å². The van der Waals surface area contributed by atoms with Crippen molar-refractivity contribution in [3.8, 4) is 0 Å². The van der Waals surface area contributed by atoms with Crippen molar-refractivity contribution < 1.29 is 9.59 Å². The van der Waals surface area contributed by atoms with Crippen LogP contribution in [0, 0.1) is 5.41 Å². The smallest absolute Gasteiger partial charge is 0.251 e. The van der Waals surface area contributed by atoms with Crippen molar-refractivity contribution in [2.24, 2.45) is 5.41 Å². The van der Waals surface area contributed by atoms with Crippen LogP contribution in [-0.4, -0.2) is 48.9 Å². The third kappa shape index (κ3) is 5.21. The molecule has 4 rings (SSSR count). The topological polar surface area (TPSA) is 61.4 Å². The predicted molar refractivity (Wildman–Crippen MR) is 121 cm³/mol. The molecule has 0 aliphatic carbocycles. The first-order valence-electron chi connectivity index (χ1n) is 10.5. The van der Waals surface area contributed by atoms with E-state index in [1.165, 1.54) is 6.42 Å². The summed E-state index contributed by atoms with van der Waals surface area (Å²) in [6.45, 7) is 3.69. The second-order valence-electron chi connectivity index (χ2n) is 8.33. The molecule has 5 nitrogen and oxygen atoms in total. The Morgan fingerprint density at radius 1 is 0.967 bits per heavy atom. The minimum atomic E-state index is -0.555. The molecule has 2 fully saturated rings. The van der Waals surface area contributed by atoms with Crippen LogP contribution in [0.3, 0.4) is 0 Å². The van der Waals surface area contributed by atoms with E-state index in [1.807, 2.05) is 53.4 Å². The molecular formula is C24H30ClN3O2. The van der Waals surface area contributed by atoms with Gasteiger partial charge in [0.25, 0.3) is 5.91 Å². The molecule has 0 aromatic heterocycles. The lowest BCUT2D eigenvalue weighted by molar-refractivity contribution is -0.135. The fraction of sp³-hybridized carbons (Fsp3) is 0.417. The van der Waals surface area contributed by atoms with Gasteiger partial charge in [-0.1, -0.05) is 48.5 Å². The van der Waals surface area contributed by atoms with Crippen molar-refractivity contribution >= 4 is 24.2 Å². The van der Waals surface area contributed by atoms with Crippen molar-refractivity contribution in [1.82, 2.24) is 15.5 Å². The number of amides is 2. The first kappa shape index (κ1) is 22.3. The highest BCUT2D eigenvalue weighted by atomic mass is 35.5. The summed E-state index contributed by atoms with van der Waals surface area (Å²) in [7, 11) is 0. The molecule has 160 valence electrons. The van der Waals surface area contributed by atoms with Gasteiger partial charge in [0.15, 0.2) is 0 Å². The molecule has 30 heavy (non-hydrogen) atoms. The van der Waals surface area contributed by atoms with Crippen LogP contribution in [0.25, 0.3) is 0 Å². The van der Waals surface area contributed by atoms with E-state index in [-0.39, 0.29) is 24.2 Å². The van der Waals surface area contributed by atoms with Gasteiger partial charge in [-0.2, -0.15) is 0 Å². The zero-order valence-electron chi connectivity index (χ0n) is 17.2. The van der Waals surface area contributed by atoms with Crippen LogP contribution in [0.4, 0.5) is 0 Å². The maximum atomic E-state index is 13.4. The first-order valence-corrected chi connectivity index (χ1v) is 10.5. The van der Waals surface area contributed by atoms with E-state index in [0.717, 1.165) is 44.6 Å². The number of halogens is 1. The lowest BCUT2D eigenvalue weighted by Gasteiger charge is -2.40. The lowest BCUT2D eigenvalue weighted by Crippen LogP contribution is -2.53. The number of likely N-dealkylation sites (tertiary alicyclic amines) is 1. The SMILES string of the molecule is Cl.O=C(NC(Cc1ccccc1)C(=O)N1CCC2(CCNC2)CC1)c1ccccc1. The number of hydrogen-bond acceptors (Lipinski definition) is 3. The lowest BCUT2D eigenvalue weighted by atomic mass is 9.77. The van der Waals surface area contributed by atoms with E-state index < -0.39 is 6.04 Å². The number of carbonyl (C=O) groups is 2. The third-order valence-electron chi connectivity index (χ3n) is 6.39. The van der Waals surface area contributed by atoms with Gasteiger partial charge in [-0.05, 0) is 48.9 Å². The van der Waals surface area contributed by atoms with Crippen LogP contribution >= 0.6 is 12.4 Å². The van der Waals surface area contributed by atoms with Gasteiger partial charge in [0, 0.05) is 31.6 Å². The van der Waals surface area contributed by atoms with Crippen LogP contribution in [0.5, 0.6) is 0 Å². The summed E-state index contributed by atoms with van der Waals surface area (Å²) < 4.78 is 0. The van der Waals surface area contributed by atoms with Crippen LogP contribution in [0.1, 0.15) is 35.2 Å². The van der Waals surface area contributed by atoms with Crippen molar-refractivity contribution in [1.29, 1.82) is 0 Å². The van der Waals surface area contributed by atoms with Gasteiger partial charge in [0.05, 0.1) is 0 Å². The van der Waals surface area contributed by atoms with E-state index in [2.05, 4.69) is 10.6 Å². The maximum Gasteiger partial charge on any atom is 0.251 e. The fourth-order valence-corrected chi connectivity index (χ4v) is 4.53. The number of carbonyl (C=O) groups excluding carboxylic acids is 2. The summed E-state index contributed by atoms with van der Waals surface area (Å²) in [5.74, 6) is -0.174. The molecule has 2 aliphatic heterocycles. The van der Waals surface area contributed by atoms with E-state index in [0.29, 0.717) is 17.4 Å². The van der Waals surface area contributed by atoms with Gasteiger partial charge in [-0.15, -0.1) is 12.4 Å². The number of hydrogen-bond donors (Lipinski definition) is 2. The Bertz CT molecular complexity index is 828. The minimum Gasteiger partial charge on any atom is -0.341 e. The molecule has 2 N–H and O–H groups in total. The quantitative estimate of drug-likeness (QED) is 0.770. The zero-order chi connectivity index (χ0) is 20.1. The molecule has 1 unspecified atom stereocenters. The monoisotopic (exact) mass is 427 g/mol. The van der Waals surface area contributed by atoms with E-state index in [4.69, 9.17) is 0 Å². The average molecular weight is 428 g/mol. The Morgan fingerprint density at radius 3 is 2.20 bits per heavy atom. The van der Waals surface area contributed by atoms with Crippen molar-refractivity contribution in [3.05, 3.63) is 71.8 Å². The highest BCUT2D eigenvalue weighted by Crippen LogP contribution is 2.37. The summed E-state index contributed by atoms with van der Waals surface area (Å²) in [5.41, 5.74) is 1.99. The van der Waals surface area contributed by atoms with Gasteiger partial charge in [-0.3, -0.25) is 9.59 Å². The Labute approximate surface area is 184 Å².